The van der Waals surface area contributed by atoms with E-state index in [9.17, 15) is 13.6 Å². The van der Waals surface area contributed by atoms with Crippen LogP contribution in [-0.2, 0) is 4.79 Å². The van der Waals surface area contributed by atoms with Gasteiger partial charge in [-0.15, -0.1) is 0 Å². The highest BCUT2D eigenvalue weighted by molar-refractivity contribution is 6.36. The average Bonchev–Trinajstić information content (AvgIpc) is 3.81. The molecule has 13 heteroatoms. The zero-order valence-corrected chi connectivity index (χ0v) is 28.5. The molecule has 4 aliphatic rings. The van der Waals surface area contributed by atoms with Crippen LogP contribution in [0.25, 0.3) is 32.9 Å². The summed E-state index contributed by atoms with van der Waals surface area (Å²) in [6, 6.07) is 7.84. The number of carbonyl (C=O) groups is 1. The lowest BCUT2D eigenvalue weighted by atomic mass is 9.95. The summed E-state index contributed by atoms with van der Waals surface area (Å²) in [5.74, 6) is 4.60. The molecular formula is C37H37ClF3N7O2. The number of aromatic nitrogens is 3. The van der Waals surface area contributed by atoms with Crippen molar-refractivity contribution in [2.75, 3.05) is 64.4 Å². The van der Waals surface area contributed by atoms with Gasteiger partial charge in [0.05, 0.1) is 22.5 Å². The Labute approximate surface area is 293 Å². The maximum atomic E-state index is 16.8. The van der Waals surface area contributed by atoms with E-state index >= 15 is 4.39 Å². The number of fused-ring (bicyclic) bond motifs is 3. The van der Waals surface area contributed by atoms with Crippen LogP contribution in [0.15, 0.2) is 36.5 Å². The number of carbonyl (C=O) groups excluding carboxylic acids is 1. The van der Waals surface area contributed by atoms with Crippen molar-refractivity contribution in [2.24, 2.45) is 0 Å². The van der Waals surface area contributed by atoms with Crippen LogP contribution in [0.5, 0.6) is 6.01 Å². The number of nitrogens with zero attached hydrogens (tertiary/aromatic N) is 7. The Hall–Kier alpha value is -4.18. The van der Waals surface area contributed by atoms with Crippen LogP contribution in [0.3, 0.4) is 0 Å². The molecule has 4 saturated heterocycles. The lowest BCUT2D eigenvalue weighted by molar-refractivity contribution is -0.124. The molecule has 0 bridgehead atoms. The molecule has 9 nitrogen and oxygen atoms in total. The molecular weight excluding hydrogens is 667 g/mol. The smallest absolute Gasteiger partial charge is 0.319 e. The van der Waals surface area contributed by atoms with Crippen LogP contribution < -0.4 is 9.64 Å². The van der Waals surface area contributed by atoms with Crippen molar-refractivity contribution in [2.45, 2.75) is 49.9 Å². The van der Waals surface area contributed by atoms with E-state index in [0.717, 1.165) is 38.9 Å². The van der Waals surface area contributed by atoms with Crippen LogP contribution in [0.1, 0.15) is 32.1 Å². The van der Waals surface area contributed by atoms with E-state index in [2.05, 4.69) is 31.6 Å². The predicted molar refractivity (Wildman–Crippen MR) is 186 cm³/mol. The van der Waals surface area contributed by atoms with Gasteiger partial charge in [-0.25, -0.2) is 13.2 Å². The number of likely N-dealkylation sites (N-methyl/N-ethyl adjacent to an activating group) is 1. The molecule has 2 aromatic carbocycles. The van der Waals surface area contributed by atoms with E-state index in [1.165, 1.54) is 12.3 Å². The Kier molecular flexibility index (Phi) is 8.69. The van der Waals surface area contributed by atoms with E-state index in [4.69, 9.17) is 21.3 Å². The van der Waals surface area contributed by atoms with Crippen LogP contribution in [0, 0.1) is 23.5 Å². The van der Waals surface area contributed by atoms with Gasteiger partial charge in [-0.2, -0.15) is 9.97 Å². The standard InChI is InChI=1S/C37H37ClF3N7O2/c1-45(25-11-17-47(21-25)29(49)8-3-13-46-14-5-15-46)35-27-19-42-33(26-7-2-6-23-9-10-28(40)31(38)30(23)26)32(41)34(27)43-36(44-35)50-22-37-12-4-16-48(37)20-24(39)18-37/h2,6-7,9-10,19,24-25H,4-5,11-18,20-22H2,1H3/t24-,25-,37+/m1/s1. The van der Waals surface area contributed by atoms with Gasteiger partial charge in [0, 0.05) is 69.4 Å². The second kappa shape index (κ2) is 13.2. The SMILES string of the molecule is CN(c1nc(OC[C@@]23CCCN2C[C@H](F)C3)nc2c(F)c(-c3cccc4ccc(F)c(Cl)c34)ncc12)[C@@H]1CCN(C(=O)C#CCN2CCC2)C1. The van der Waals surface area contributed by atoms with E-state index in [-0.39, 0.29) is 40.8 Å². The first-order valence-electron chi connectivity index (χ1n) is 17.2. The highest BCUT2D eigenvalue weighted by Gasteiger charge is 2.49. The number of halogens is 4. The number of alkyl halides is 1. The summed E-state index contributed by atoms with van der Waals surface area (Å²) in [7, 11) is 1.85. The fraction of sp³-hybridized carbons (Fsp3) is 0.459. The van der Waals surface area contributed by atoms with E-state index in [0.29, 0.717) is 66.6 Å². The van der Waals surface area contributed by atoms with Crippen molar-refractivity contribution in [3.8, 4) is 29.1 Å². The summed E-state index contributed by atoms with van der Waals surface area (Å²) in [6.45, 7) is 4.89. The van der Waals surface area contributed by atoms with Gasteiger partial charge in [0.2, 0.25) is 0 Å². The number of hydrogen-bond acceptors (Lipinski definition) is 8. The van der Waals surface area contributed by atoms with Crippen molar-refractivity contribution in [3.63, 3.8) is 0 Å². The molecule has 0 unspecified atom stereocenters. The van der Waals surface area contributed by atoms with Gasteiger partial charge in [0.25, 0.3) is 5.91 Å². The Bertz CT molecular complexity index is 2050. The summed E-state index contributed by atoms with van der Waals surface area (Å²) < 4.78 is 52.2. The van der Waals surface area contributed by atoms with Crippen molar-refractivity contribution >= 4 is 45.0 Å². The van der Waals surface area contributed by atoms with Gasteiger partial charge in [-0.05, 0) is 49.6 Å². The van der Waals surface area contributed by atoms with Crippen molar-refractivity contribution in [3.05, 3.63) is 53.2 Å². The zero-order valence-electron chi connectivity index (χ0n) is 27.8. The second-order valence-corrected chi connectivity index (χ2v) is 14.3. The molecule has 0 spiro atoms. The number of hydrogen-bond donors (Lipinski definition) is 0. The number of pyridine rings is 1. The van der Waals surface area contributed by atoms with Gasteiger partial charge >= 0.3 is 6.01 Å². The number of anilines is 1. The molecule has 3 atom stereocenters. The summed E-state index contributed by atoms with van der Waals surface area (Å²) in [4.78, 5) is 34.8. The van der Waals surface area contributed by atoms with Crippen molar-refractivity contribution < 1.29 is 22.7 Å². The zero-order chi connectivity index (χ0) is 34.6. The third-order valence-electron chi connectivity index (χ3n) is 10.8. The first-order chi connectivity index (χ1) is 24.2. The first-order valence-corrected chi connectivity index (χ1v) is 17.6. The fourth-order valence-corrected chi connectivity index (χ4v) is 8.23. The molecule has 260 valence electrons. The molecule has 4 aliphatic heterocycles. The highest BCUT2D eigenvalue weighted by atomic mass is 35.5. The number of benzene rings is 2. The summed E-state index contributed by atoms with van der Waals surface area (Å²) in [5, 5.41) is 1.20. The monoisotopic (exact) mass is 703 g/mol. The molecule has 4 aromatic rings. The molecule has 0 saturated carbocycles. The third kappa shape index (κ3) is 5.89. The average molecular weight is 704 g/mol. The molecule has 0 N–H and O–H groups in total. The van der Waals surface area contributed by atoms with Gasteiger partial charge in [0.15, 0.2) is 5.82 Å². The highest BCUT2D eigenvalue weighted by Crippen LogP contribution is 2.41. The predicted octanol–water partition coefficient (Wildman–Crippen LogP) is 5.48. The molecule has 1 amide bonds. The fourth-order valence-electron chi connectivity index (χ4n) is 7.96. The Morgan fingerprint density at radius 1 is 1.12 bits per heavy atom. The van der Waals surface area contributed by atoms with Crippen molar-refractivity contribution in [1.29, 1.82) is 0 Å². The molecule has 6 heterocycles. The lowest BCUT2D eigenvalue weighted by Gasteiger charge is -2.31. The van der Waals surface area contributed by atoms with Crippen LogP contribution in [-0.4, -0.2) is 113 Å². The van der Waals surface area contributed by atoms with Gasteiger partial charge in [-0.1, -0.05) is 41.8 Å². The Morgan fingerprint density at radius 2 is 1.98 bits per heavy atom. The van der Waals surface area contributed by atoms with E-state index in [1.807, 2.05) is 11.9 Å². The molecule has 50 heavy (non-hydrogen) atoms. The summed E-state index contributed by atoms with van der Waals surface area (Å²) in [5.41, 5.74) is -0.203. The topological polar surface area (TPSA) is 77.9 Å². The number of rotatable bonds is 7. The molecule has 2 aromatic heterocycles. The number of likely N-dealkylation sites (tertiary alicyclic amines) is 2. The number of ether oxygens (including phenoxy) is 1. The maximum absolute atomic E-state index is 16.8. The maximum Gasteiger partial charge on any atom is 0.319 e. The van der Waals surface area contributed by atoms with E-state index in [1.54, 1.807) is 29.2 Å². The first kappa shape index (κ1) is 33.0. The van der Waals surface area contributed by atoms with Crippen LogP contribution >= 0.6 is 11.6 Å². The Morgan fingerprint density at radius 3 is 2.80 bits per heavy atom. The normalized spacial score (nSPS) is 23.6. The van der Waals surface area contributed by atoms with Gasteiger partial charge in [0.1, 0.15) is 35.6 Å². The summed E-state index contributed by atoms with van der Waals surface area (Å²) >= 11 is 6.41. The van der Waals surface area contributed by atoms with Crippen molar-refractivity contribution in [1.82, 2.24) is 29.7 Å². The van der Waals surface area contributed by atoms with Gasteiger partial charge < -0.3 is 14.5 Å². The van der Waals surface area contributed by atoms with E-state index < -0.39 is 23.3 Å². The molecule has 8 rings (SSSR count). The minimum absolute atomic E-state index is 0.0234. The van der Waals surface area contributed by atoms with Crippen LogP contribution in [0.4, 0.5) is 19.0 Å². The minimum Gasteiger partial charge on any atom is -0.461 e. The second-order valence-electron chi connectivity index (χ2n) is 13.9. The third-order valence-corrected chi connectivity index (χ3v) is 11.2. The largest absolute Gasteiger partial charge is 0.461 e. The van der Waals surface area contributed by atoms with Crippen LogP contribution in [0.2, 0.25) is 5.02 Å². The molecule has 0 aliphatic carbocycles. The Balaban J connectivity index is 1.15. The quantitative estimate of drug-likeness (QED) is 0.235. The van der Waals surface area contributed by atoms with Gasteiger partial charge in [-0.3, -0.25) is 19.6 Å². The summed E-state index contributed by atoms with van der Waals surface area (Å²) in [6.07, 6.45) is 4.49. The lowest BCUT2D eigenvalue weighted by Crippen LogP contribution is -2.43. The molecule has 0 radical (unpaired) electrons. The minimum atomic E-state index is -0.935. The number of amides is 1. The molecule has 4 fully saturated rings.